The lowest BCUT2D eigenvalue weighted by molar-refractivity contribution is 0.676. The zero-order valence-corrected chi connectivity index (χ0v) is 13.8. The molecule has 0 fully saturated rings. The number of hydrogen-bond acceptors (Lipinski definition) is 3. The second kappa shape index (κ2) is 6.28. The van der Waals surface area contributed by atoms with Crippen LogP contribution in [0.5, 0.6) is 0 Å². The summed E-state index contributed by atoms with van der Waals surface area (Å²) >= 11 is 0. The van der Waals surface area contributed by atoms with Crippen molar-refractivity contribution in [1.29, 1.82) is 0 Å². The topological polar surface area (TPSA) is 37.8 Å². The van der Waals surface area contributed by atoms with Crippen molar-refractivity contribution in [2.45, 2.75) is 39.7 Å². The predicted molar refractivity (Wildman–Crippen MR) is 86.7 cm³/mol. The second-order valence-corrected chi connectivity index (χ2v) is 11.3. The highest BCUT2D eigenvalue weighted by atomic mass is 28.3. The van der Waals surface area contributed by atoms with Crippen molar-refractivity contribution in [1.82, 2.24) is 15.3 Å². The lowest BCUT2D eigenvalue weighted by Gasteiger charge is -2.16. The third-order valence-corrected chi connectivity index (χ3v) is 5.36. The smallest absolute Gasteiger partial charge is 0.0775 e. The molecular weight excluding hydrogens is 262 g/mol. The van der Waals surface area contributed by atoms with Crippen molar-refractivity contribution in [2.75, 3.05) is 0 Å². The average molecular weight is 285 g/mol. The molecule has 2 aromatic rings. The van der Waals surface area contributed by atoms with Gasteiger partial charge in [-0.05, 0) is 12.5 Å². The minimum Gasteiger partial charge on any atom is -0.307 e. The Balaban J connectivity index is 1.87. The van der Waals surface area contributed by atoms with Gasteiger partial charge in [-0.15, -0.1) is 0 Å². The van der Waals surface area contributed by atoms with Crippen LogP contribution in [0.2, 0.25) is 19.6 Å². The Hall–Kier alpha value is -1.52. The van der Waals surface area contributed by atoms with E-state index in [1.165, 1.54) is 10.8 Å². The molecule has 0 atom stereocenters. The summed E-state index contributed by atoms with van der Waals surface area (Å²) < 4.78 is 0. The molecule has 1 N–H and O–H groups in total. The molecule has 1 aromatic carbocycles. The third-order valence-electron chi connectivity index (χ3n) is 3.29. The lowest BCUT2D eigenvalue weighted by Crippen LogP contribution is -2.37. The van der Waals surface area contributed by atoms with E-state index in [1.54, 1.807) is 6.20 Å². The first-order chi connectivity index (χ1) is 9.45. The molecule has 1 heterocycles. The Kier molecular flexibility index (Phi) is 4.67. The Bertz CT molecular complexity index is 541. The lowest BCUT2D eigenvalue weighted by atomic mass is 10.2. The van der Waals surface area contributed by atoms with E-state index >= 15 is 0 Å². The first-order valence-electron chi connectivity index (χ1n) is 7.03. The molecular formula is C16H23N3Si. The second-order valence-electron chi connectivity index (χ2n) is 6.20. The van der Waals surface area contributed by atoms with Crippen LogP contribution >= 0.6 is 0 Å². The van der Waals surface area contributed by atoms with E-state index in [1.807, 2.05) is 13.1 Å². The third kappa shape index (κ3) is 4.25. The van der Waals surface area contributed by atoms with Crippen LogP contribution in [-0.2, 0) is 13.1 Å². The SMILES string of the molecule is Cc1cnc(CNCc2ccc([Si](C)(C)C)cc2)cn1. The molecule has 0 saturated carbocycles. The van der Waals surface area contributed by atoms with Crippen LogP contribution in [-0.4, -0.2) is 18.0 Å². The van der Waals surface area contributed by atoms with Gasteiger partial charge in [0.2, 0.25) is 0 Å². The Morgan fingerprint density at radius 1 is 0.950 bits per heavy atom. The summed E-state index contributed by atoms with van der Waals surface area (Å²) in [5, 5.41) is 4.91. The first-order valence-corrected chi connectivity index (χ1v) is 10.5. The number of nitrogens with zero attached hydrogens (tertiary/aromatic N) is 2. The van der Waals surface area contributed by atoms with Gasteiger partial charge in [0.15, 0.2) is 0 Å². The molecule has 0 amide bonds. The maximum absolute atomic E-state index is 4.34. The van der Waals surface area contributed by atoms with Crippen LogP contribution < -0.4 is 10.5 Å². The van der Waals surface area contributed by atoms with Gasteiger partial charge < -0.3 is 5.32 Å². The van der Waals surface area contributed by atoms with Crippen molar-refractivity contribution in [3.8, 4) is 0 Å². The number of aromatic nitrogens is 2. The van der Waals surface area contributed by atoms with E-state index in [9.17, 15) is 0 Å². The fourth-order valence-corrected chi connectivity index (χ4v) is 3.13. The summed E-state index contributed by atoms with van der Waals surface area (Å²) in [6.45, 7) is 10.7. The number of aryl methyl sites for hydroxylation is 1. The number of hydrogen-bond donors (Lipinski definition) is 1. The summed E-state index contributed by atoms with van der Waals surface area (Å²) in [6.07, 6.45) is 3.64. The van der Waals surface area contributed by atoms with Gasteiger partial charge in [0.05, 0.1) is 19.5 Å². The van der Waals surface area contributed by atoms with Gasteiger partial charge in [0.1, 0.15) is 0 Å². The van der Waals surface area contributed by atoms with Crippen molar-refractivity contribution in [3.63, 3.8) is 0 Å². The molecule has 0 aliphatic heterocycles. The van der Waals surface area contributed by atoms with Crippen LogP contribution in [0.1, 0.15) is 17.0 Å². The number of rotatable bonds is 5. The fourth-order valence-electron chi connectivity index (χ4n) is 1.97. The first kappa shape index (κ1) is 14.9. The van der Waals surface area contributed by atoms with E-state index in [-0.39, 0.29) is 0 Å². The molecule has 0 unspecified atom stereocenters. The van der Waals surface area contributed by atoms with Gasteiger partial charge >= 0.3 is 0 Å². The zero-order chi connectivity index (χ0) is 14.6. The Morgan fingerprint density at radius 2 is 1.65 bits per heavy atom. The highest BCUT2D eigenvalue weighted by Gasteiger charge is 2.15. The fraction of sp³-hybridized carbons (Fsp3) is 0.375. The van der Waals surface area contributed by atoms with Crippen molar-refractivity contribution in [3.05, 3.63) is 53.6 Å². The summed E-state index contributed by atoms with van der Waals surface area (Å²) in [5.74, 6) is 0. The van der Waals surface area contributed by atoms with Gasteiger partial charge in [-0.3, -0.25) is 9.97 Å². The predicted octanol–water partition coefficient (Wildman–Crippen LogP) is 2.62. The summed E-state index contributed by atoms with van der Waals surface area (Å²) in [5.41, 5.74) is 3.25. The van der Waals surface area contributed by atoms with Gasteiger partial charge in [-0.2, -0.15) is 0 Å². The molecule has 20 heavy (non-hydrogen) atoms. The Morgan fingerprint density at radius 3 is 2.20 bits per heavy atom. The molecule has 3 nitrogen and oxygen atoms in total. The van der Waals surface area contributed by atoms with Gasteiger partial charge in [0.25, 0.3) is 0 Å². The monoisotopic (exact) mass is 285 g/mol. The van der Waals surface area contributed by atoms with Crippen LogP contribution in [0.15, 0.2) is 36.7 Å². The van der Waals surface area contributed by atoms with E-state index in [2.05, 4.69) is 59.2 Å². The van der Waals surface area contributed by atoms with Crippen molar-refractivity contribution in [2.24, 2.45) is 0 Å². The molecule has 0 bridgehead atoms. The average Bonchev–Trinajstić information content (AvgIpc) is 2.41. The molecule has 4 heteroatoms. The van der Waals surface area contributed by atoms with Crippen LogP contribution in [0.4, 0.5) is 0 Å². The quantitative estimate of drug-likeness (QED) is 0.858. The zero-order valence-electron chi connectivity index (χ0n) is 12.8. The van der Waals surface area contributed by atoms with Crippen molar-refractivity contribution < 1.29 is 0 Å². The molecule has 0 aliphatic carbocycles. The molecule has 0 radical (unpaired) electrons. The molecule has 1 aromatic heterocycles. The van der Waals surface area contributed by atoms with Crippen LogP contribution in [0.25, 0.3) is 0 Å². The van der Waals surface area contributed by atoms with E-state index in [0.717, 1.165) is 24.5 Å². The molecule has 0 spiro atoms. The highest BCUT2D eigenvalue weighted by Crippen LogP contribution is 2.05. The van der Waals surface area contributed by atoms with Crippen molar-refractivity contribution >= 4 is 13.3 Å². The van der Waals surface area contributed by atoms with E-state index in [4.69, 9.17) is 0 Å². The van der Waals surface area contributed by atoms with Gasteiger partial charge in [0, 0.05) is 25.5 Å². The molecule has 0 aliphatic rings. The molecule has 0 saturated heterocycles. The summed E-state index contributed by atoms with van der Waals surface area (Å²) in [6, 6.07) is 8.99. The highest BCUT2D eigenvalue weighted by molar-refractivity contribution is 6.88. The minimum atomic E-state index is -1.18. The maximum atomic E-state index is 4.34. The van der Waals surface area contributed by atoms with Crippen LogP contribution in [0, 0.1) is 6.92 Å². The van der Waals surface area contributed by atoms with Gasteiger partial charge in [-0.1, -0.05) is 49.1 Å². The summed E-state index contributed by atoms with van der Waals surface area (Å²) in [7, 11) is -1.18. The largest absolute Gasteiger partial charge is 0.307 e. The number of nitrogens with one attached hydrogen (secondary N) is 1. The normalized spacial score (nSPS) is 11.6. The minimum absolute atomic E-state index is 0.753. The summed E-state index contributed by atoms with van der Waals surface area (Å²) in [4.78, 5) is 8.58. The Labute approximate surface area is 122 Å². The van der Waals surface area contributed by atoms with E-state index < -0.39 is 8.07 Å². The van der Waals surface area contributed by atoms with Gasteiger partial charge in [-0.25, -0.2) is 0 Å². The van der Waals surface area contributed by atoms with Crippen LogP contribution in [0.3, 0.4) is 0 Å². The standard InChI is InChI=1S/C16H23N3Si/c1-13-9-19-15(12-18-13)11-17-10-14-5-7-16(8-6-14)20(2,3)4/h5-9,12,17H,10-11H2,1-4H3. The molecule has 2 rings (SSSR count). The number of benzene rings is 1. The molecule has 106 valence electrons. The van der Waals surface area contributed by atoms with E-state index in [0.29, 0.717) is 0 Å². The maximum Gasteiger partial charge on any atom is 0.0775 e.